The Hall–Kier alpha value is 0.340. The van der Waals surface area contributed by atoms with Crippen molar-refractivity contribution in [2.24, 2.45) is 0 Å². The Balaban J connectivity index is 3.38. The highest BCUT2D eigenvalue weighted by Gasteiger charge is 2.13. The Bertz CT molecular complexity index is 174. The molecule has 15 heavy (non-hydrogen) atoms. The van der Waals surface area contributed by atoms with Crippen molar-refractivity contribution in [1.29, 1.82) is 0 Å². The van der Waals surface area contributed by atoms with Gasteiger partial charge in [-0.25, -0.2) is 4.79 Å². The van der Waals surface area contributed by atoms with E-state index in [0.29, 0.717) is 6.42 Å². The number of hydrogen-bond donors (Lipinski definition) is 0. The molecule has 0 heterocycles. The second-order valence-electron chi connectivity index (χ2n) is 3.35. The summed E-state index contributed by atoms with van der Waals surface area (Å²) in [6.45, 7) is 2.43. The molecule has 0 fully saturated rings. The second kappa shape index (κ2) is 9.56. The largest absolute Gasteiger partial charge is 0.464 e. The number of carbonyl (C=O) groups excluding carboxylic acids is 1. The first-order valence-electron chi connectivity index (χ1n) is 5.16. The molecule has 0 amide bonds. The Kier molecular flexibility index (Phi) is 9.77. The normalized spacial score (nSPS) is 12.9. The van der Waals surface area contributed by atoms with Gasteiger partial charge in [-0.15, -0.1) is 11.6 Å². The first kappa shape index (κ1) is 15.3. The van der Waals surface area contributed by atoms with Crippen molar-refractivity contribution in [3.8, 4) is 0 Å². The van der Waals surface area contributed by atoms with Crippen molar-refractivity contribution >= 4 is 40.8 Å². The SMILES string of the molecule is CCCCCC(Cl)CCOC(=O)C(Cl)Cl. The minimum absolute atomic E-state index is 0.0634. The van der Waals surface area contributed by atoms with Crippen molar-refractivity contribution in [2.45, 2.75) is 49.2 Å². The van der Waals surface area contributed by atoms with Crippen LogP contribution in [-0.2, 0) is 9.53 Å². The number of halogens is 3. The molecule has 0 aliphatic carbocycles. The van der Waals surface area contributed by atoms with Crippen LogP contribution in [0.3, 0.4) is 0 Å². The number of carbonyl (C=O) groups is 1. The summed E-state index contributed by atoms with van der Waals surface area (Å²) in [7, 11) is 0. The van der Waals surface area contributed by atoms with E-state index in [1.54, 1.807) is 0 Å². The van der Waals surface area contributed by atoms with Crippen LogP contribution in [-0.4, -0.2) is 22.8 Å². The van der Waals surface area contributed by atoms with E-state index in [1.165, 1.54) is 12.8 Å². The van der Waals surface area contributed by atoms with E-state index in [2.05, 4.69) is 6.92 Å². The van der Waals surface area contributed by atoms with Gasteiger partial charge in [0, 0.05) is 5.38 Å². The molecule has 1 atom stereocenters. The maximum atomic E-state index is 10.9. The second-order valence-corrected chi connectivity index (χ2v) is 5.06. The van der Waals surface area contributed by atoms with Gasteiger partial charge in [-0.05, 0) is 12.8 Å². The van der Waals surface area contributed by atoms with E-state index in [4.69, 9.17) is 39.5 Å². The van der Waals surface area contributed by atoms with E-state index in [-0.39, 0.29) is 12.0 Å². The predicted molar refractivity (Wildman–Crippen MR) is 64.9 cm³/mol. The van der Waals surface area contributed by atoms with Crippen LogP contribution in [0.25, 0.3) is 0 Å². The van der Waals surface area contributed by atoms with Gasteiger partial charge in [-0.1, -0.05) is 49.4 Å². The summed E-state index contributed by atoms with van der Waals surface area (Å²) < 4.78 is 4.79. The third kappa shape index (κ3) is 9.28. The number of alkyl halides is 3. The van der Waals surface area contributed by atoms with Gasteiger partial charge in [0.25, 0.3) is 0 Å². The van der Waals surface area contributed by atoms with E-state index in [9.17, 15) is 4.79 Å². The first-order chi connectivity index (χ1) is 7.07. The van der Waals surface area contributed by atoms with Crippen LogP contribution in [0.15, 0.2) is 0 Å². The fourth-order valence-electron chi connectivity index (χ4n) is 1.11. The molecule has 0 aromatic carbocycles. The Morgan fingerprint density at radius 1 is 1.20 bits per heavy atom. The quantitative estimate of drug-likeness (QED) is 0.381. The lowest BCUT2D eigenvalue weighted by atomic mass is 10.1. The molecular weight excluding hydrogens is 258 g/mol. The lowest BCUT2D eigenvalue weighted by Crippen LogP contribution is -2.15. The highest BCUT2D eigenvalue weighted by atomic mass is 35.5. The molecule has 0 N–H and O–H groups in total. The molecule has 0 spiro atoms. The lowest BCUT2D eigenvalue weighted by molar-refractivity contribution is -0.141. The molecular formula is C10H17Cl3O2. The summed E-state index contributed by atoms with van der Waals surface area (Å²) in [6.07, 6.45) is 5.09. The fraction of sp³-hybridized carbons (Fsp3) is 0.900. The summed E-state index contributed by atoms with van der Waals surface area (Å²) in [6, 6.07) is 0. The van der Waals surface area contributed by atoms with Crippen LogP contribution < -0.4 is 0 Å². The molecule has 0 saturated heterocycles. The van der Waals surface area contributed by atoms with Crippen molar-refractivity contribution in [2.75, 3.05) is 6.61 Å². The van der Waals surface area contributed by atoms with Gasteiger partial charge in [0.15, 0.2) is 0 Å². The molecule has 5 heteroatoms. The van der Waals surface area contributed by atoms with Crippen LogP contribution in [0, 0.1) is 0 Å². The monoisotopic (exact) mass is 274 g/mol. The van der Waals surface area contributed by atoms with Gasteiger partial charge in [0.2, 0.25) is 4.84 Å². The number of unbranched alkanes of at least 4 members (excludes halogenated alkanes) is 2. The molecule has 0 aromatic heterocycles. The molecule has 0 aliphatic heterocycles. The zero-order chi connectivity index (χ0) is 11.7. The first-order valence-corrected chi connectivity index (χ1v) is 6.47. The summed E-state index contributed by atoms with van der Waals surface area (Å²) in [5.41, 5.74) is 0. The lowest BCUT2D eigenvalue weighted by Gasteiger charge is -2.09. The van der Waals surface area contributed by atoms with Gasteiger partial charge in [-0.2, -0.15) is 0 Å². The molecule has 2 nitrogen and oxygen atoms in total. The van der Waals surface area contributed by atoms with E-state index < -0.39 is 10.8 Å². The Labute approximate surface area is 106 Å². The van der Waals surface area contributed by atoms with Gasteiger partial charge in [0.05, 0.1) is 6.61 Å². The van der Waals surface area contributed by atoms with Crippen molar-refractivity contribution < 1.29 is 9.53 Å². The molecule has 1 unspecified atom stereocenters. The summed E-state index contributed by atoms with van der Waals surface area (Å²) in [4.78, 5) is 9.76. The third-order valence-electron chi connectivity index (χ3n) is 1.97. The Morgan fingerprint density at radius 2 is 1.87 bits per heavy atom. The minimum atomic E-state index is -1.10. The van der Waals surface area contributed by atoms with Crippen molar-refractivity contribution in [3.63, 3.8) is 0 Å². The van der Waals surface area contributed by atoms with Crippen LogP contribution in [0.5, 0.6) is 0 Å². The zero-order valence-electron chi connectivity index (χ0n) is 8.85. The molecule has 0 saturated carbocycles. The van der Waals surface area contributed by atoms with E-state index in [0.717, 1.165) is 12.8 Å². The highest BCUT2D eigenvalue weighted by molar-refractivity contribution is 6.52. The molecule has 90 valence electrons. The average Bonchev–Trinajstić information content (AvgIpc) is 2.18. The minimum Gasteiger partial charge on any atom is -0.464 e. The molecule has 0 radical (unpaired) electrons. The average molecular weight is 276 g/mol. The number of ether oxygens (including phenoxy) is 1. The fourth-order valence-corrected chi connectivity index (χ4v) is 1.48. The van der Waals surface area contributed by atoms with E-state index in [1.807, 2.05) is 0 Å². The molecule has 0 aromatic rings. The van der Waals surface area contributed by atoms with Crippen LogP contribution in [0.4, 0.5) is 0 Å². The summed E-state index contributed by atoms with van der Waals surface area (Å²) in [5, 5.41) is 0.0634. The summed E-state index contributed by atoms with van der Waals surface area (Å²) >= 11 is 16.6. The maximum absolute atomic E-state index is 10.9. The van der Waals surface area contributed by atoms with Crippen LogP contribution >= 0.6 is 34.8 Å². The van der Waals surface area contributed by atoms with Crippen LogP contribution in [0.1, 0.15) is 39.0 Å². The number of esters is 1. The van der Waals surface area contributed by atoms with Crippen molar-refractivity contribution in [1.82, 2.24) is 0 Å². The van der Waals surface area contributed by atoms with Gasteiger partial charge in [-0.3, -0.25) is 0 Å². The Morgan fingerprint density at radius 3 is 2.40 bits per heavy atom. The summed E-state index contributed by atoms with van der Waals surface area (Å²) in [5.74, 6) is -0.601. The molecule has 0 aliphatic rings. The number of hydrogen-bond acceptors (Lipinski definition) is 2. The molecule has 0 bridgehead atoms. The van der Waals surface area contributed by atoms with Gasteiger partial charge < -0.3 is 4.74 Å². The topological polar surface area (TPSA) is 26.3 Å². The van der Waals surface area contributed by atoms with E-state index >= 15 is 0 Å². The van der Waals surface area contributed by atoms with Gasteiger partial charge >= 0.3 is 5.97 Å². The maximum Gasteiger partial charge on any atom is 0.339 e. The van der Waals surface area contributed by atoms with Crippen molar-refractivity contribution in [3.05, 3.63) is 0 Å². The molecule has 0 rings (SSSR count). The van der Waals surface area contributed by atoms with Crippen LogP contribution in [0.2, 0.25) is 0 Å². The highest BCUT2D eigenvalue weighted by Crippen LogP contribution is 2.13. The standard InChI is InChI=1S/C10H17Cl3O2/c1-2-3-4-5-8(11)6-7-15-10(14)9(12)13/h8-9H,2-7H2,1H3. The van der Waals surface area contributed by atoms with Gasteiger partial charge in [0.1, 0.15) is 0 Å². The predicted octanol–water partition coefficient (Wildman–Crippen LogP) is 3.91. The third-order valence-corrected chi connectivity index (χ3v) is 2.77. The number of rotatable bonds is 8. The zero-order valence-corrected chi connectivity index (χ0v) is 11.1. The smallest absolute Gasteiger partial charge is 0.339 e.